The lowest BCUT2D eigenvalue weighted by Crippen LogP contribution is -1.82. The maximum absolute atomic E-state index is 5.13. The summed E-state index contributed by atoms with van der Waals surface area (Å²) in [7, 11) is 1.69. The highest BCUT2D eigenvalue weighted by atomic mass is 16.5. The molecule has 116 valence electrons. The Morgan fingerprint density at radius 3 is 1.95 bits per heavy atom. The van der Waals surface area contributed by atoms with Crippen LogP contribution in [0.4, 0.5) is 0 Å². The van der Waals surface area contributed by atoms with Crippen LogP contribution in [0.5, 0.6) is 5.75 Å². The van der Waals surface area contributed by atoms with Crippen molar-refractivity contribution in [3.63, 3.8) is 0 Å². The quantitative estimate of drug-likeness (QED) is 0.380. The molecule has 0 fully saturated rings. The Morgan fingerprint density at radius 2 is 1.38 bits per heavy atom. The summed E-state index contributed by atoms with van der Waals surface area (Å²) in [5, 5.41) is 0. The fraction of sp³-hybridized carbons (Fsp3) is 0.600. The largest absolute Gasteiger partial charge is 0.497 e. The van der Waals surface area contributed by atoms with E-state index in [1.54, 1.807) is 7.11 Å². The highest BCUT2D eigenvalue weighted by molar-refractivity contribution is 5.38. The smallest absolute Gasteiger partial charge is 0.118 e. The number of methoxy groups -OCH3 is 1. The molecule has 21 heavy (non-hydrogen) atoms. The van der Waals surface area contributed by atoms with E-state index in [4.69, 9.17) is 4.74 Å². The van der Waals surface area contributed by atoms with Crippen LogP contribution < -0.4 is 4.74 Å². The lowest BCUT2D eigenvalue weighted by molar-refractivity contribution is 0.415. The molecule has 1 aromatic carbocycles. The Labute approximate surface area is 131 Å². The molecule has 0 spiro atoms. The molecule has 1 heteroatoms. The van der Waals surface area contributed by atoms with Gasteiger partial charge in [-0.1, -0.05) is 70.1 Å². The predicted octanol–water partition coefficient (Wildman–Crippen LogP) is 5.97. The van der Waals surface area contributed by atoms with E-state index in [1.807, 2.05) is 24.3 Å². The predicted molar refractivity (Wildman–Crippen MR) is 91.7 cm³/mol. The van der Waals surface area contributed by atoms with Crippen LogP contribution in [0.15, 0.2) is 24.3 Å². The fourth-order valence-electron chi connectivity index (χ4n) is 2.36. The van der Waals surface area contributed by atoms with Crippen LogP contribution >= 0.6 is 0 Å². The summed E-state index contributed by atoms with van der Waals surface area (Å²) in [6, 6.07) is 7.95. The van der Waals surface area contributed by atoms with E-state index in [2.05, 4.69) is 18.8 Å². The van der Waals surface area contributed by atoms with Gasteiger partial charge in [-0.05, 0) is 30.7 Å². The third-order valence-electron chi connectivity index (χ3n) is 3.73. The van der Waals surface area contributed by atoms with Crippen LogP contribution in [0.25, 0.3) is 0 Å². The molecule has 0 saturated carbocycles. The van der Waals surface area contributed by atoms with Crippen LogP contribution in [0.2, 0.25) is 0 Å². The molecule has 1 aromatic rings. The molecule has 0 aliphatic rings. The molecule has 0 bridgehead atoms. The molecule has 1 rings (SSSR count). The van der Waals surface area contributed by atoms with Crippen molar-refractivity contribution in [3.05, 3.63) is 29.8 Å². The molecule has 0 aliphatic heterocycles. The fourth-order valence-corrected chi connectivity index (χ4v) is 2.36. The Morgan fingerprint density at radius 1 is 0.810 bits per heavy atom. The third kappa shape index (κ3) is 9.19. The number of rotatable bonds is 10. The second-order valence-corrected chi connectivity index (χ2v) is 5.61. The lowest BCUT2D eigenvalue weighted by atomic mass is 10.1. The van der Waals surface area contributed by atoms with E-state index < -0.39 is 0 Å². The average molecular weight is 286 g/mol. The van der Waals surface area contributed by atoms with Crippen LogP contribution in [0.1, 0.15) is 76.7 Å². The van der Waals surface area contributed by atoms with Crippen molar-refractivity contribution in [1.29, 1.82) is 0 Å². The normalized spacial score (nSPS) is 10.0. The van der Waals surface area contributed by atoms with Gasteiger partial charge in [0.05, 0.1) is 7.11 Å². The Balaban J connectivity index is 2.00. The molecule has 0 aliphatic carbocycles. The molecular weight excluding hydrogens is 256 g/mol. The summed E-state index contributed by atoms with van der Waals surface area (Å²) in [6.07, 6.45) is 13.3. The van der Waals surface area contributed by atoms with Crippen molar-refractivity contribution in [3.8, 4) is 17.6 Å². The van der Waals surface area contributed by atoms with Crippen LogP contribution in [0.3, 0.4) is 0 Å². The van der Waals surface area contributed by atoms with Gasteiger partial charge in [-0.25, -0.2) is 0 Å². The standard InChI is InChI=1S/C20H30O/c1-3-4-5-6-7-8-9-10-11-12-13-14-19-15-17-20(21-2)18-16-19/h15-18H,3-12H2,1-2H3. The van der Waals surface area contributed by atoms with Gasteiger partial charge in [0.1, 0.15) is 5.75 Å². The Hall–Kier alpha value is -1.42. The van der Waals surface area contributed by atoms with Crippen LogP contribution in [-0.4, -0.2) is 7.11 Å². The van der Waals surface area contributed by atoms with E-state index in [0.717, 1.165) is 17.7 Å². The van der Waals surface area contributed by atoms with Crippen molar-refractivity contribution in [2.75, 3.05) is 7.11 Å². The zero-order valence-corrected chi connectivity index (χ0v) is 13.8. The van der Waals surface area contributed by atoms with Gasteiger partial charge in [-0.3, -0.25) is 0 Å². The van der Waals surface area contributed by atoms with E-state index in [1.165, 1.54) is 57.8 Å². The molecule has 0 unspecified atom stereocenters. The van der Waals surface area contributed by atoms with Gasteiger partial charge in [0.25, 0.3) is 0 Å². The first-order chi connectivity index (χ1) is 10.4. The first kappa shape index (κ1) is 17.6. The van der Waals surface area contributed by atoms with Gasteiger partial charge in [0.15, 0.2) is 0 Å². The molecule has 0 saturated heterocycles. The number of benzene rings is 1. The molecule has 0 aromatic heterocycles. The molecule has 0 amide bonds. The summed E-state index contributed by atoms with van der Waals surface area (Å²) in [6.45, 7) is 2.27. The van der Waals surface area contributed by atoms with E-state index >= 15 is 0 Å². The first-order valence-electron chi connectivity index (χ1n) is 8.49. The SMILES string of the molecule is CCCCCCCCCCCC#Cc1ccc(OC)cc1. The van der Waals surface area contributed by atoms with Gasteiger partial charge in [-0.15, -0.1) is 0 Å². The van der Waals surface area contributed by atoms with E-state index in [-0.39, 0.29) is 0 Å². The Kier molecular flexibility index (Phi) is 10.4. The number of hydrogen-bond donors (Lipinski definition) is 0. The topological polar surface area (TPSA) is 9.23 Å². The molecule has 0 atom stereocenters. The van der Waals surface area contributed by atoms with Gasteiger partial charge in [0.2, 0.25) is 0 Å². The highest BCUT2D eigenvalue weighted by Crippen LogP contribution is 2.11. The van der Waals surface area contributed by atoms with Crippen molar-refractivity contribution < 1.29 is 4.74 Å². The lowest BCUT2D eigenvalue weighted by Gasteiger charge is -2.00. The summed E-state index contributed by atoms with van der Waals surface area (Å²) >= 11 is 0. The van der Waals surface area contributed by atoms with Crippen molar-refractivity contribution in [1.82, 2.24) is 0 Å². The monoisotopic (exact) mass is 286 g/mol. The van der Waals surface area contributed by atoms with E-state index in [9.17, 15) is 0 Å². The molecule has 0 heterocycles. The second-order valence-electron chi connectivity index (χ2n) is 5.61. The Bertz CT molecular complexity index is 408. The van der Waals surface area contributed by atoms with Crippen molar-refractivity contribution in [2.45, 2.75) is 71.1 Å². The summed E-state index contributed by atoms with van der Waals surface area (Å²) in [5.74, 6) is 7.37. The second kappa shape index (κ2) is 12.3. The minimum atomic E-state index is 0.888. The molecule has 1 nitrogen and oxygen atoms in total. The van der Waals surface area contributed by atoms with Crippen LogP contribution in [-0.2, 0) is 0 Å². The number of hydrogen-bond acceptors (Lipinski definition) is 1. The van der Waals surface area contributed by atoms with E-state index in [0.29, 0.717) is 0 Å². The summed E-state index contributed by atoms with van der Waals surface area (Å²) < 4.78 is 5.13. The van der Waals surface area contributed by atoms with Crippen molar-refractivity contribution >= 4 is 0 Å². The minimum absolute atomic E-state index is 0.888. The zero-order valence-electron chi connectivity index (χ0n) is 13.8. The molecule has 0 radical (unpaired) electrons. The third-order valence-corrected chi connectivity index (χ3v) is 3.73. The highest BCUT2D eigenvalue weighted by Gasteiger charge is 1.92. The number of ether oxygens (including phenoxy) is 1. The maximum atomic E-state index is 5.13. The van der Waals surface area contributed by atoms with Gasteiger partial charge < -0.3 is 4.74 Å². The summed E-state index contributed by atoms with van der Waals surface area (Å²) in [5.41, 5.74) is 1.08. The minimum Gasteiger partial charge on any atom is -0.497 e. The molecular formula is C20H30O. The van der Waals surface area contributed by atoms with Gasteiger partial charge >= 0.3 is 0 Å². The molecule has 0 N–H and O–H groups in total. The first-order valence-corrected chi connectivity index (χ1v) is 8.49. The summed E-state index contributed by atoms with van der Waals surface area (Å²) in [4.78, 5) is 0. The average Bonchev–Trinajstić information content (AvgIpc) is 2.53. The van der Waals surface area contributed by atoms with Crippen molar-refractivity contribution in [2.24, 2.45) is 0 Å². The van der Waals surface area contributed by atoms with Crippen LogP contribution in [0, 0.1) is 11.8 Å². The zero-order chi connectivity index (χ0) is 15.2. The number of unbranched alkanes of at least 4 members (excludes halogenated alkanes) is 9. The van der Waals surface area contributed by atoms with Gasteiger partial charge in [-0.2, -0.15) is 0 Å². The maximum Gasteiger partial charge on any atom is 0.118 e. The van der Waals surface area contributed by atoms with Gasteiger partial charge in [0, 0.05) is 12.0 Å².